The molecule has 0 spiro atoms. The zero-order chi connectivity index (χ0) is 25.4. The lowest BCUT2D eigenvalue weighted by Gasteiger charge is -2.33. The number of benzene rings is 2. The van der Waals surface area contributed by atoms with E-state index in [0.717, 1.165) is 12.8 Å². The number of phenols is 1. The molecule has 9 heteroatoms. The van der Waals surface area contributed by atoms with Crippen molar-refractivity contribution in [1.82, 2.24) is 15.0 Å². The minimum absolute atomic E-state index is 0.0212. The Hall–Kier alpha value is -4.50. The van der Waals surface area contributed by atoms with Crippen molar-refractivity contribution in [1.29, 1.82) is 5.26 Å². The first-order valence-corrected chi connectivity index (χ1v) is 11.4. The summed E-state index contributed by atoms with van der Waals surface area (Å²) in [5, 5.41) is 20.5. The molecule has 1 N–H and O–H groups in total. The highest BCUT2D eigenvalue weighted by Gasteiger charge is 2.26. The van der Waals surface area contributed by atoms with Crippen molar-refractivity contribution in [2.24, 2.45) is 5.92 Å². The van der Waals surface area contributed by atoms with Crippen LogP contribution >= 0.6 is 0 Å². The van der Waals surface area contributed by atoms with Gasteiger partial charge in [0.1, 0.15) is 28.6 Å². The number of methoxy groups -OCH3 is 1. The number of ether oxygens (including phenoxy) is 1. The normalized spacial score (nSPS) is 15.6. The van der Waals surface area contributed by atoms with Crippen LogP contribution < -0.4 is 9.64 Å². The van der Waals surface area contributed by atoms with Crippen molar-refractivity contribution in [2.45, 2.75) is 19.3 Å². The van der Waals surface area contributed by atoms with Crippen molar-refractivity contribution in [3.05, 3.63) is 47.7 Å². The molecule has 0 aliphatic carbocycles. The van der Waals surface area contributed by atoms with Gasteiger partial charge in [0, 0.05) is 36.7 Å². The molecule has 1 atom stereocenters. The van der Waals surface area contributed by atoms with Crippen LogP contribution in [0.4, 0.5) is 14.6 Å². The molecule has 2 aromatic heterocycles. The summed E-state index contributed by atoms with van der Waals surface area (Å²) in [5.41, 5.74) is -0.0812. The summed E-state index contributed by atoms with van der Waals surface area (Å²) in [6, 6.07) is 7.59. The number of rotatable bonds is 4. The van der Waals surface area contributed by atoms with Crippen LogP contribution in [0, 0.1) is 41.2 Å². The van der Waals surface area contributed by atoms with Crippen molar-refractivity contribution in [3.63, 3.8) is 0 Å². The number of piperidine rings is 1. The topological polar surface area (TPSA) is 95.2 Å². The lowest BCUT2D eigenvalue weighted by atomic mass is 9.95. The van der Waals surface area contributed by atoms with Gasteiger partial charge in [-0.1, -0.05) is 12.0 Å². The van der Waals surface area contributed by atoms with E-state index < -0.39 is 11.6 Å². The smallest absolute Gasteiger partial charge is 0.318 e. The van der Waals surface area contributed by atoms with Gasteiger partial charge in [-0.3, -0.25) is 4.98 Å². The number of fused-ring (bicyclic) bond motifs is 2. The fourth-order valence-electron chi connectivity index (χ4n) is 4.85. The molecule has 1 fully saturated rings. The molecule has 0 saturated carbocycles. The van der Waals surface area contributed by atoms with Crippen LogP contribution in [0.2, 0.25) is 0 Å². The van der Waals surface area contributed by atoms with E-state index in [1.165, 1.54) is 37.6 Å². The number of aromatic hydroxyl groups is 1. The van der Waals surface area contributed by atoms with Gasteiger partial charge < -0.3 is 14.7 Å². The molecule has 1 saturated heterocycles. The Morgan fingerprint density at radius 3 is 2.86 bits per heavy atom. The van der Waals surface area contributed by atoms with E-state index in [0.29, 0.717) is 36.1 Å². The lowest BCUT2D eigenvalue weighted by Crippen LogP contribution is -2.36. The van der Waals surface area contributed by atoms with Gasteiger partial charge in [0.15, 0.2) is 5.82 Å². The third-order valence-corrected chi connectivity index (χ3v) is 6.48. The minimum atomic E-state index is -0.779. The maximum absolute atomic E-state index is 16.1. The summed E-state index contributed by atoms with van der Waals surface area (Å²) in [6.45, 7) is 1.27. The molecule has 180 valence electrons. The number of halogens is 2. The lowest BCUT2D eigenvalue weighted by molar-refractivity contribution is 0.378. The largest absolute Gasteiger partial charge is 0.508 e. The molecule has 5 rings (SSSR count). The first-order chi connectivity index (χ1) is 17.4. The van der Waals surface area contributed by atoms with E-state index in [1.54, 1.807) is 0 Å². The van der Waals surface area contributed by atoms with Crippen molar-refractivity contribution < 1.29 is 18.6 Å². The fraction of sp³-hybridized carbons (Fsp3) is 0.259. The number of phenolic OH excluding ortho intramolecular Hbond substituents is 1. The molecule has 1 unspecified atom stereocenters. The van der Waals surface area contributed by atoms with Crippen molar-refractivity contribution >= 4 is 27.5 Å². The average molecular weight is 485 g/mol. The second-order valence-electron chi connectivity index (χ2n) is 8.69. The molecule has 3 heterocycles. The number of hydrogen-bond donors (Lipinski definition) is 1. The maximum Gasteiger partial charge on any atom is 0.318 e. The van der Waals surface area contributed by atoms with Crippen LogP contribution in [0.25, 0.3) is 32.9 Å². The highest BCUT2D eigenvalue weighted by atomic mass is 19.1. The molecule has 36 heavy (non-hydrogen) atoms. The van der Waals surface area contributed by atoms with Crippen LogP contribution in [0.1, 0.15) is 24.8 Å². The monoisotopic (exact) mass is 485 g/mol. The summed E-state index contributed by atoms with van der Waals surface area (Å²) < 4.78 is 35.9. The van der Waals surface area contributed by atoms with Crippen LogP contribution in [0.15, 0.2) is 30.5 Å². The molecule has 4 aromatic rings. The summed E-state index contributed by atoms with van der Waals surface area (Å²) in [7, 11) is 1.39. The Bertz CT molecular complexity index is 1590. The van der Waals surface area contributed by atoms with Gasteiger partial charge in [-0.05, 0) is 42.3 Å². The molecular weight excluding hydrogens is 464 g/mol. The van der Waals surface area contributed by atoms with E-state index in [4.69, 9.17) is 16.4 Å². The summed E-state index contributed by atoms with van der Waals surface area (Å²) in [6.07, 6.45) is 9.25. The first-order valence-electron chi connectivity index (χ1n) is 11.4. The predicted molar refractivity (Wildman–Crippen MR) is 132 cm³/mol. The van der Waals surface area contributed by atoms with Crippen LogP contribution in [0.3, 0.4) is 0 Å². The SMILES string of the molecule is C#Cc1c(F)ccc2cc(O)cc(-c3ncc4c(N5CCCC(CC#N)C5)nc(OC)nc4c3F)c12. The predicted octanol–water partition coefficient (Wildman–Crippen LogP) is 4.95. The highest BCUT2D eigenvalue weighted by Crippen LogP contribution is 2.39. The second kappa shape index (κ2) is 9.27. The Kier molecular flexibility index (Phi) is 5.99. The number of aromatic nitrogens is 3. The molecule has 2 aromatic carbocycles. The second-order valence-corrected chi connectivity index (χ2v) is 8.69. The molecular formula is C27H21F2N5O2. The van der Waals surface area contributed by atoms with Crippen LogP contribution in [-0.4, -0.2) is 40.3 Å². The van der Waals surface area contributed by atoms with E-state index in [-0.39, 0.29) is 45.4 Å². The Balaban J connectivity index is 1.74. The van der Waals surface area contributed by atoms with E-state index >= 15 is 4.39 Å². The van der Waals surface area contributed by atoms with E-state index in [2.05, 4.69) is 26.9 Å². The standard InChI is InChI=1S/C27H21F2N5O2/c1-3-18-21(28)7-6-16-11-17(35)12-19(22(16)18)24-23(29)25-20(13-31-24)26(33-27(32-25)36-2)34-10-4-5-15(14-34)8-9-30/h1,6-7,11-13,15,35H,4-5,8,10,14H2,2H3. The van der Waals surface area contributed by atoms with Gasteiger partial charge in [-0.25, -0.2) is 8.78 Å². The number of nitriles is 1. The Morgan fingerprint density at radius 2 is 2.11 bits per heavy atom. The molecule has 7 nitrogen and oxygen atoms in total. The summed E-state index contributed by atoms with van der Waals surface area (Å²) in [5.74, 6) is 1.40. The third-order valence-electron chi connectivity index (χ3n) is 6.48. The fourth-order valence-corrected chi connectivity index (χ4v) is 4.85. The van der Waals surface area contributed by atoms with Gasteiger partial charge >= 0.3 is 6.01 Å². The number of nitrogens with zero attached hydrogens (tertiary/aromatic N) is 5. The first kappa shape index (κ1) is 23.3. The van der Waals surface area contributed by atoms with Gasteiger partial charge in [-0.2, -0.15) is 15.2 Å². The van der Waals surface area contributed by atoms with Gasteiger partial charge in [0.05, 0.1) is 24.1 Å². The van der Waals surface area contributed by atoms with Crippen molar-refractivity contribution in [3.8, 4) is 41.4 Å². The van der Waals surface area contributed by atoms with Crippen molar-refractivity contribution in [2.75, 3.05) is 25.1 Å². The van der Waals surface area contributed by atoms with E-state index in [1.807, 2.05) is 4.90 Å². The number of hydrogen-bond acceptors (Lipinski definition) is 7. The maximum atomic E-state index is 16.1. The zero-order valence-electron chi connectivity index (χ0n) is 19.4. The quantitative estimate of drug-likeness (QED) is 0.409. The Morgan fingerprint density at radius 1 is 1.28 bits per heavy atom. The minimum Gasteiger partial charge on any atom is -0.508 e. The molecule has 0 amide bonds. The number of terminal acetylenes is 1. The molecule has 0 radical (unpaired) electrons. The van der Waals surface area contributed by atoms with Gasteiger partial charge in [0.25, 0.3) is 0 Å². The zero-order valence-corrected chi connectivity index (χ0v) is 19.4. The third kappa shape index (κ3) is 3.89. The molecule has 1 aliphatic heterocycles. The van der Waals surface area contributed by atoms with Gasteiger partial charge in [-0.15, -0.1) is 6.42 Å². The summed E-state index contributed by atoms with van der Waals surface area (Å²) in [4.78, 5) is 15.1. The molecule has 1 aliphatic rings. The molecule has 0 bridgehead atoms. The van der Waals surface area contributed by atoms with E-state index in [9.17, 15) is 9.50 Å². The highest BCUT2D eigenvalue weighted by molar-refractivity contribution is 6.03. The number of anilines is 1. The Labute approximate surface area is 206 Å². The summed E-state index contributed by atoms with van der Waals surface area (Å²) >= 11 is 0. The number of pyridine rings is 1. The average Bonchev–Trinajstić information content (AvgIpc) is 2.88. The van der Waals surface area contributed by atoms with Gasteiger partial charge in [0.2, 0.25) is 0 Å². The van der Waals surface area contributed by atoms with Crippen LogP contribution in [-0.2, 0) is 0 Å². The van der Waals surface area contributed by atoms with Crippen LogP contribution in [0.5, 0.6) is 11.8 Å².